The number of benzene rings is 1. The normalized spacial score (nSPS) is 18.2. The zero-order valence-electron chi connectivity index (χ0n) is 10.00. The van der Waals surface area contributed by atoms with E-state index < -0.39 is 0 Å². The zero-order chi connectivity index (χ0) is 12.4. The lowest BCUT2D eigenvalue weighted by Crippen LogP contribution is -2.42. The van der Waals surface area contributed by atoms with E-state index in [-0.39, 0.29) is 11.9 Å². The molecule has 1 saturated carbocycles. The predicted octanol–water partition coefficient (Wildman–Crippen LogP) is 2.96. The maximum atomic E-state index is 13.9. The van der Waals surface area contributed by atoms with Crippen molar-refractivity contribution in [3.05, 3.63) is 34.6 Å². The zero-order valence-corrected chi connectivity index (χ0v) is 10.8. The molecule has 1 atom stereocenters. The predicted molar refractivity (Wildman–Crippen MR) is 68.6 cm³/mol. The maximum Gasteiger partial charge on any atom is 0.129 e. The Morgan fingerprint density at radius 1 is 1.53 bits per heavy atom. The van der Waals surface area contributed by atoms with Gasteiger partial charge in [0.1, 0.15) is 5.82 Å². The summed E-state index contributed by atoms with van der Waals surface area (Å²) in [6, 6.07) is 5.17. The van der Waals surface area contributed by atoms with Gasteiger partial charge in [0.05, 0.1) is 6.04 Å². The van der Waals surface area contributed by atoms with Gasteiger partial charge in [-0.1, -0.05) is 24.1 Å². The molecular weight excluding hydrogens is 239 g/mol. The van der Waals surface area contributed by atoms with E-state index in [1.807, 2.05) is 7.05 Å². The van der Waals surface area contributed by atoms with Gasteiger partial charge in [-0.3, -0.25) is 4.90 Å². The Labute approximate surface area is 107 Å². The third-order valence-corrected chi connectivity index (χ3v) is 4.03. The fourth-order valence-corrected chi connectivity index (χ4v) is 2.65. The molecule has 1 aromatic rings. The molecule has 0 aromatic heterocycles. The Balaban J connectivity index is 2.27. The van der Waals surface area contributed by atoms with Crippen molar-refractivity contribution in [2.75, 3.05) is 13.6 Å². The smallest absolute Gasteiger partial charge is 0.129 e. The van der Waals surface area contributed by atoms with E-state index in [4.69, 9.17) is 17.3 Å². The SMILES string of the molecule is CN(C1CCC1)C(CN)c1c(F)cccc1Cl. The van der Waals surface area contributed by atoms with Crippen LogP contribution in [0.15, 0.2) is 18.2 Å². The number of rotatable bonds is 4. The molecule has 2 N–H and O–H groups in total. The summed E-state index contributed by atoms with van der Waals surface area (Å²) in [5, 5.41) is 0.464. The van der Waals surface area contributed by atoms with Crippen LogP contribution in [0.25, 0.3) is 0 Å². The van der Waals surface area contributed by atoms with Crippen LogP contribution in [0.2, 0.25) is 5.02 Å². The van der Waals surface area contributed by atoms with Crippen molar-refractivity contribution in [3.8, 4) is 0 Å². The first-order valence-corrected chi connectivity index (χ1v) is 6.39. The molecule has 0 bridgehead atoms. The number of nitrogens with two attached hydrogens (primary N) is 1. The molecule has 1 unspecified atom stereocenters. The van der Waals surface area contributed by atoms with Gasteiger partial charge in [-0.25, -0.2) is 4.39 Å². The monoisotopic (exact) mass is 256 g/mol. The average Bonchev–Trinajstić information content (AvgIpc) is 2.21. The molecule has 0 saturated heterocycles. The van der Waals surface area contributed by atoms with E-state index in [2.05, 4.69) is 4.90 Å². The van der Waals surface area contributed by atoms with Gasteiger partial charge in [0.25, 0.3) is 0 Å². The molecule has 0 heterocycles. The summed E-state index contributed by atoms with van der Waals surface area (Å²) >= 11 is 6.09. The third-order valence-electron chi connectivity index (χ3n) is 3.70. The summed E-state index contributed by atoms with van der Waals surface area (Å²) in [7, 11) is 2.00. The fourth-order valence-electron chi connectivity index (χ4n) is 2.37. The first-order chi connectivity index (χ1) is 8.15. The van der Waals surface area contributed by atoms with Crippen LogP contribution in [-0.4, -0.2) is 24.5 Å². The molecule has 4 heteroatoms. The molecule has 2 nitrogen and oxygen atoms in total. The molecule has 0 spiro atoms. The van der Waals surface area contributed by atoms with Crippen molar-refractivity contribution in [2.24, 2.45) is 5.73 Å². The average molecular weight is 257 g/mol. The molecule has 1 aromatic carbocycles. The van der Waals surface area contributed by atoms with Crippen LogP contribution in [0.5, 0.6) is 0 Å². The van der Waals surface area contributed by atoms with Crippen LogP contribution in [0.3, 0.4) is 0 Å². The lowest BCUT2D eigenvalue weighted by molar-refractivity contribution is 0.111. The molecular formula is C13H18ClFN2. The number of nitrogens with zero attached hydrogens (tertiary/aromatic N) is 1. The minimum atomic E-state index is -0.265. The van der Waals surface area contributed by atoms with Crippen LogP contribution in [0.1, 0.15) is 30.9 Å². The summed E-state index contributed by atoms with van der Waals surface area (Å²) in [5.74, 6) is -0.265. The molecule has 17 heavy (non-hydrogen) atoms. The van der Waals surface area contributed by atoms with Crippen molar-refractivity contribution < 1.29 is 4.39 Å². The standard InChI is InChI=1S/C13H18ClFN2/c1-17(9-4-2-5-9)12(8-16)13-10(14)6-3-7-11(13)15/h3,6-7,9,12H,2,4-5,8,16H2,1H3. The second kappa shape index (κ2) is 5.34. The number of hydrogen-bond acceptors (Lipinski definition) is 2. The Morgan fingerprint density at radius 2 is 2.24 bits per heavy atom. The van der Waals surface area contributed by atoms with Crippen molar-refractivity contribution in [1.82, 2.24) is 4.90 Å². The third kappa shape index (κ3) is 2.46. The van der Waals surface area contributed by atoms with Gasteiger partial charge in [-0.05, 0) is 32.0 Å². The molecule has 1 fully saturated rings. The van der Waals surface area contributed by atoms with Crippen LogP contribution in [0.4, 0.5) is 4.39 Å². The summed E-state index contributed by atoms with van der Waals surface area (Å²) in [6.45, 7) is 0.383. The number of halogens is 2. The summed E-state index contributed by atoms with van der Waals surface area (Å²) < 4.78 is 13.9. The van der Waals surface area contributed by atoms with Crippen LogP contribution >= 0.6 is 11.6 Å². The van der Waals surface area contributed by atoms with Gasteiger partial charge < -0.3 is 5.73 Å². The quantitative estimate of drug-likeness (QED) is 0.898. The number of likely N-dealkylation sites (N-methyl/N-ethyl adjacent to an activating group) is 1. The van der Waals surface area contributed by atoms with Crippen molar-refractivity contribution in [2.45, 2.75) is 31.3 Å². The van der Waals surface area contributed by atoms with Gasteiger partial charge in [0, 0.05) is 23.2 Å². The second-order valence-electron chi connectivity index (χ2n) is 4.64. The minimum Gasteiger partial charge on any atom is -0.329 e. The van der Waals surface area contributed by atoms with E-state index >= 15 is 0 Å². The van der Waals surface area contributed by atoms with Crippen LogP contribution < -0.4 is 5.73 Å². The molecule has 1 aliphatic rings. The lowest BCUT2D eigenvalue weighted by atomic mass is 9.89. The van der Waals surface area contributed by atoms with E-state index in [0.29, 0.717) is 23.2 Å². The highest BCUT2D eigenvalue weighted by Crippen LogP contribution is 2.34. The summed E-state index contributed by atoms with van der Waals surface area (Å²) in [4.78, 5) is 2.16. The van der Waals surface area contributed by atoms with Crippen molar-refractivity contribution >= 4 is 11.6 Å². The summed E-state index contributed by atoms with van der Waals surface area (Å²) in [6.07, 6.45) is 3.58. The van der Waals surface area contributed by atoms with Gasteiger partial charge in [-0.15, -0.1) is 0 Å². The van der Waals surface area contributed by atoms with E-state index in [1.54, 1.807) is 12.1 Å². The lowest BCUT2D eigenvalue weighted by Gasteiger charge is -2.40. The highest BCUT2D eigenvalue weighted by atomic mass is 35.5. The van der Waals surface area contributed by atoms with Crippen molar-refractivity contribution in [1.29, 1.82) is 0 Å². The summed E-state index contributed by atoms with van der Waals surface area (Å²) in [5.41, 5.74) is 6.33. The Bertz CT molecular complexity index is 373. The van der Waals surface area contributed by atoms with Gasteiger partial charge >= 0.3 is 0 Å². The fraction of sp³-hybridized carbons (Fsp3) is 0.538. The van der Waals surface area contributed by atoms with Gasteiger partial charge in [0.2, 0.25) is 0 Å². The molecule has 1 aliphatic carbocycles. The Hall–Kier alpha value is -0.640. The molecule has 94 valence electrons. The molecule has 0 aliphatic heterocycles. The number of hydrogen-bond donors (Lipinski definition) is 1. The van der Waals surface area contributed by atoms with Crippen LogP contribution in [-0.2, 0) is 0 Å². The topological polar surface area (TPSA) is 29.3 Å². The second-order valence-corrected chi connectivity index (χ2v) is 5.04. The van der Waals surface area contributed by atoms with E-state index in [0.717, 1.165) is 0 Å². The van der Waals surface area contributed by atoms with E-state index in [1.165, 1.54) is 25.3 Å². The largest absolute Gasteiger partial charge is 0.329 e. The van der Waals surface area contributed by atoms with Crippen LogP contribution in [0, 0.1) is 5.82 Å². The van der Waals surface area contributed by atoms with Gasteiger partial charge in [-0.2, -0.15) is 0 Å². The first kappa shape index (κ1) is 12.8. The Morgan fingerprint density at radius 3 is 2.71 bits per heavy atom. The first-order valence-electron chi connectivity index (χ1n) is 6.01. The Kier molecular flexibility index (Phi) is 4.02. The molecule has 2 rings (SSSR count). The van der Waals surface area contributed by atoms with Crippen molar-refractivity contribution in [3.63, 3.8) is 0 Å². The highest BCUT2D eigenvalue weighted by Gasteiger charge is 2.30. The van der Waals surface area contributed by atoms with Gasteiger partial charge in [0.15, 0.2) is 0 Å². The highest BCUT2D eigenvalue weighted by molar-refractivity contribution is 6.31. The molecule has 0 amide bonds. The minimum absolute atomic E-state index is 0.131. The maximum absolute atomic E-state index is 13.9. The van der Waals surface area contributed by atoms with E-state index in [9.17, 15) is 4.39 Å². The molecule has 0 radical (unpaired) electrons.